The zero-order chi connectivity index (χ0) is 26.3. The van der Waals surface area contributed by atoms with Crippen LogP contribution < -0.4 is 10.1 Å². The fraction of sp³-hybridized carbons (Fsp3) is 0.385. The van der Waals surface area contributed by atoms with Crippen LogP contribution >= 0.6 is 0 Å². The van der Waals surface area contributed by atoms with Crippen molar-refractivity contribution in [3.05, 3.63) is 64.8 Å². The Morgan fingerprint density at radius 3 is 2.31 bits per heavy atom. The van der Waals surface area contributed by atoms with Gasteiger partial charge in [-0.1, -0.05) is 6.07 Å². The van der Waals surface area contributed by atoms with Crippen LogP contribution in [0.5, 0.6) is 5.75 Å². The van der Waals surface area contributed by atoms with Gasteiger partial charge in [0.15, 0.2) is 0 Å². The highest BCUT2D eigenvalue weighted by Gasteiger charge is 2.62. The third kappa shape index (κ3) is 4.76. The molecule has 6 nitrogen and oxygen atoms in total. The lowest BCUT2D eigenvalue weighted by molar-refractivity contribution is -0.185. The fourth-order valence-electron chi connectivity index (χ4n) is 4.68. The lowest BCUT2D eigenvalue weighted by Crippen LogP contribution is -2.33. The molecule has 1 N–H and O–H groups in total. The number of alkyl halides is 4. The number of fused-ring (bicyclic) bond motifs is 1. The SMILES string of the molecule is COC(=O)c1ccc(Cc2cn(C)c3ccc(C(=O)NCC4CC(F)(F)C(F)(F)C4)cc23)c(OC)c1. The second-order valence-corrected chi connectivity index (χ2v) is 9.09. The van der Waals surface area contributed by atoms with Crippen molar-refractivity contribution in [2.45, 2.75) is 31.1 Å². The van der Waals surface area contributed by atoms with Crippen molar-refractivity contribution in [1.82, 2.24) is 9.88 Å². The maximum Gasteiger partial charge on any atom is 0.337 e. The second kappa shape index (κ2) is 9.48. The van der Waals surface area contributed by atoms with Crippen LogP contribution in [-0.2, 0) is 18.2 Å². The van der Waals surface area contributed by atoms with Crippen molar-refractivity contribution in [3.8, 4) is 5.75 Å². The summed E-state index contributed by atoms with van der Waals surface area (Å²) >= 11 is 0. The van der Waals surface area contributed by atoms with E-state index in [2.05, 4.69) is 5.32 Å². The highest BCUT2D eigenvalue weighted by Crippen LogP contribution is 2.50. The molecule has 3 aromatic rings. The van der Waals surface area contributed by atoms with Crippen LogP contribution in [-0.4, -0.2) is 49.1 Å². The standard InChI is InChI=1S/C26H26F4N2O4/c1-32-14-19(8-16-4-5-18(24(34)36-3)10-22(16)35-2)20-9-17(6-7-21(20)32)23(33)31-13-15-11-25(27,28)26(29,30)12-15/h4-7,9-10,14-15H,8,11-13H2,1-3H3,(H,31,33). The van der Waals surface area contributed by atoms with Gasteiger partial charge >= 0.3 is 17.8 Å². The molecule has 1 heterocycles. The summed E-state index contributed by atoms with van der Waals surface area (Å²) in [5, 5.41) is 3.32. The van der Waals surface area contributed by atoms with Gasteiger partial charge in [0.05, 0.1) is 19.8 Å². The Morgan fingerprint density at radius 1 is 1.00 bits per heavy atom. The molecule has 0 unspecified atom stereocenters. The Hall–Kier alpha value is -3.56. The molecule has 0 saturated heterocycles. The molecule has 36 heavy (non-hydrogen) atoms. The van der Waals surface area contributed by atoms with Crippen molar-refractivity contribution in [2.75, 3.05) is 20.8 Å². The van der Waals surface area contributed by atoms with E-state index in [9.17, 15) is 27.2 Å². The first-order valence-corrected chi connectivity index (χ1v) is 11.3. The molecule has 10 heteroatoms. The van der Waals surface area contributed by atoms with Crippen LogP contribution in [0, 0.1) is 5.92 Å². The number of methoxy groups -OCH3 is 2. The summed E-state index contributed by atoms with van der Waals surface area (Å²) < 4.78 is 65.9. The number of benzene rings is 2. The predicted molar refractivity (Wildman–Crippen MR) is 125 cm³/mol. The zero-order valence-corrected chi connectivity index (χ0v) is 20.0. The number of carbonyl (C=O) groups excluding carboxylic acids is 2. The Morgan fingerprint density at radius 2 is 1.67 bits per heavy atom. The van der Waals surface area contributed by atoms with Gasteiger partial charge in [-0.15, -0.1) is 0 Å². The molecule has 0 radical (unpaired) electrons. The van der Waals surface area contributed by atoms with Gasteiger partial charge in [-0.2, -0.15) is 17.6 Å². The topological polar surface area (TPSA) is 69.6 Å². The van der Waals surface area contributed by atoms with Gasteiger partial charge < -0.3 is 19.4 Å². The number of nitrogens with zero attached hydrogens (tertiary/aromatic N) is 1. The summed E-state index contributed by atoms with van der Waals surface area (Å²) in [5.74, 6) is -9.62. The first-order valence-electron chi connectivity index (χ1n) is 11.3. The van der Waals surface area contributed by atoms with Crippen molar-refractivity contribution in [3.63, 3.8) is 0 Å². The smallest absolute Gasteiger partial charge is 0.337 e. The number of carbonyl (C=O) groups is 2. The highest BCUT2D eigenvalue weighted by atomic mass is 19.3. The van der Waals surface area contributed by atoms with E-state index in [0.717, 1.165) is 22.0 Å². The van der Waals surface area contributed by atoms with E-state index in [1.54, 1.807) is 36.4 Å². The fourth-order valence-corrected chi connectivity index (χ4v) is 4.68. The van der Waals surface area contributed by atoms with E-state index in [4.69, 9.17) is 9.47 Å². The van der Waals surface area contributed by atoms with Gasteiger partial charge in [0, 0.05) is 55.5 Å². The quantitative estimate of drug-likeness (QED) is 0.363. The molecule has 0 atom stereocenters. The number of ether oxygens (including phenoxy) is 2. The van der Waals surface area contributed by atoms with Crippen LogP contribution in [0.4, 0.5) is 17.6 Å². The Balaban J connectivity index is 1.54. The van der Waals surface area contributed by atoms with Gasteiger partial charge in [0.25, 0.3) is 5.91 Å². The minimum absolute atomic E-state index is 0.257. The summed E-state index contributed by atoms with van der Waals surface area (Å²) in [5.41, 5.74) is 3.21. The molecule has 1 saturated carbocycles. The molecule has 192 valence electrons. The number of rotatable bonds is 7. The first kappa shape index (κ1) is 25.5. The molecule has 1 aliphatic rings. The van der Waals surface area contributed by atoms with Crippen molar-refractivity contribution >= 4 is 22.8 Å². The number of amides is 1. The normalized spacial score (nSPS) is 16.8. The van der Waals surface area contributed by atoms with Crippen molar-refractivity contribution in [1.29, 1.82) is 0 Å². The maximum atomic E-state index is 13.5. The van der Waals surface area contributed by atoms with Crippen molar-refractivity contribution in [2.24, 2.45) is 13.0 Å². The van der Waals surface area contributed by atoms with Gasteiger partial charge in [0.2, 0.25) is 0 Å². The first-order chi connectivity index (χ1) is 17.0. The maximum absolute atomic E-state index is 13.5. The lowest BCUT2D eigenvalue weighted by Gasteiger charge is -2.16. The summed E-state index contributed by atoms with van der Waals surface area (Å²) in [6, 6.07) is 10.1. The van der Waals surface area contributed by atoms with E-state index in [1.165, 1.54) is 14.2 Å². The second-order valence-electron chi connectivity index (χ2n) is 9.09. The third-order valence-corrected chi connectivity index (χ3v) is 6.60. The third-order valence-electron chi connectivity index (χ3n) is 6.60. The Labute approximate surface area is 205 Å². The van der Waals surface area contributed by atoms with E-state index in [-0.39, 0.29) is 6.54 Å². The number of hydrogen-bond acceptors (Lipinski definition) is 4. The van der Waals surface area contributed by atoms with Crippen LogP contribution in [0.15, 0.2) is 42.6 Å². The molecular weight excluding hydrogens is 480 g/mol. The van der Waals surface area contributed by atoms with E-state index >= 15 is 0 Å². The molecule has 0 bridgehead atoms. The summed E-state index contributed by atoms with van der Waals surface area (Å²) in [7, 11) is 4.66. The predicted octanol–water partition coefficient (Wildman–Crippen LogP) is 4.97. The Bertz CT molecular complexity index is 1300. The summed E-state index contributed by atoms with van der Waals surface area (Å²) in [4.78, 5) is 24.6. The largest absolute Gasteiger partial charge is 0.496 e. The van der Waals surface area contributed by atoms with E-state index in [1.807, 2.05) is 17.8 Å². The van der Waals surface area contributed by atoms with Crippen LogP contribution in [0.1, 0.15) is 44.7 Å². The minimum Gasteiger partial charge on any atom is -0.496 e. The van der Waals surface area contributed by atoms with Crippen LogP contribution in [0.2, 0.25) is 0 Å². The molecule has 4 rings (SSSR count). The molecule has 0 spiro atoms. The number of aromatic nitrogens is 1. The van der Waals surface area contributed by atoms with Crippen LogP contribution in [0.3, 0.4) is 0 Å². The molecule has 1 aliphatic carbocycles. The number of nitrogens with one attached hydrogen (secondary N) is 1. The molecular formula is C26H26F4N2O4. The lowest BCUT2D eigenvalue weighted by atomic mass is 10.0. The average molecular weight is 506 g/mol. The summed E-state index contributed by atoms with van der Waals surface area (Å²) in [6.45, 7) is -0.257. The molecule has 0 aliphatic heterocycles. The van der Waals surface area contributed by atoms with Crippen molar-refractivity contribution < 1.29 is 36.6 Å². The van der Waals surface area contributed by atoms with Gasteiger partial charge in [-0.05, 0) is 47.4 Å². The number of esters is 1. The average Bonchev–Trinajstić information content (AvgIpc) is 3.26. The van der Waals surface area contributed by atoms with E-state index < -0.39 is 42.5 Å². The molecule has 1 amide bonds. The Kier molecular flexibility index (Phi) is 6.72. The van der Waals surface area contributed by atoms with Gasteiger partial charge in [-0.3, -0.25) is 4.79 Å². The monoisotopic (exact) mass is 506 g/mol. The summed E-state index contributed by atoms with van der Waals surface area (Å²) in [6.07, 6.45) is 0.444. The van der Waals surface area contributed by atoms with Gasteiger partial charge in [0.1, 0.15) is 5.75 Å². The van der Waals surface area contributed by atoms with E-state index in [0.29, 0.717) is 23.3 Å². The van der Waals surface area contributed by atoms with Crippen LogP contribution in [0.25, 0.3) is 10.9 Å². The zero-order valence-electron chi connectivity index (χ0n) is 20.0. The molecule has 1 aromatic heterocycles. The highest BCUT2D eigenvalue weighted by molar-refractivity contribution is 5.99. The molecule has 1 fully saturated rings. The minimum atomic E-state index is -4.06. The molecule has 2 aromatic carbocycles. The number of halogens is 4. The van der Waals surface area contributed by atoms with Gasteiger partial charge in [-0.25, -0.2) is 4.79 Å². The number of aryl methyl sites for hydroxylation is 1. The number of hydrogen-bond donors (Lipinski definition) is 1.